The molecule has 2 heterocycles. The lowest BCUT2D eigenvalue weighted by Gasteiger charge is -2.53. The van der Waals surface area contributed by atoms with Crippen molar-refractivity contribution in [3.63, 3.8) is 0 Å². The first-order valence-corrected chi connectivity index (χ1v) is 34.9. The van der Waals surface area contributed by atoms with Crippen molar-refractivity contribution in [2.24, 2.45) is 23.7 Å². The highest BCUT2D eigenvalue weighted by Crippen LogP contribution is 2.50. The molecule has 0 aromatic heterocycles. The summed E-state index contributed by atoms with van der Waals surface area (Å²) >= 11 is 1.94. The van der Waals surface area contributed by atoms with Gasteiger partial charge in [0.1, 0.15) is 48.8 Å². The minimum atomic E-state index is -4.51. The summed E-state index contributed by atoms with van der Waals surface area (Å²) in [4.78, 5) is 12.6. The standard InChI is InChI=1S/C73H95O12PS/c1-7-62-52(3)54(5)64(76-46-56-32-18-12-19-33-56)72(81-62)83-69-67(79-49-59-38-24-15-25-39-59)66(78-48-58-36-22-14-23-37-58)68(80-50-60-40-26-16-27-41-60)70(84-73-65(55(6)53(4)63(8-2)82-73)77-47-57-34-20-13-21-35-57)71(69)85-86(74,75)44-30-10-9-11-31-45-87-51-61-42-28-17-29-43-61/h12-29,32-43,52-55,62-73H,7-11,30-31,44-51H2,1-6H3,(H,74,75)/t52-,53-,54-,55-,62?,63?,64?,65?,66?,67?,68?,69-,70?,71?,72+,73+/m0/s1. The van der Waals surface area contributed by atoms with E-state index in [2.05, 4.69) is 65.8 Å². The second kappa shape index (κ2) is 34.6. The van der Waals surface area contributed by atoms with E-state index < -0.39 is 69.0 Å². The molecular weight excluding hydrogens is 1130 g/mol. The zero-order chi connectivity index (χ0) is 60.8. The summed E-state index contributed by atoms with van der Waals surface area (Å²) in [5, 5.41) is 0. The van der Waals surface area contributed by atoms with Gasteiger partial charge in [-0.05, 0) is 88.5 Å². The fraction of sp³-hybridized carbons (Fsp3) is 0.507. The molecule has 2 aliphatic heterocycles. The maximum atomic E-state index is 15.5. The van der Waals surface area contributed by atoms with Gasteiger partial charge in [0.05, 0.1) is 45.2 Å². The number of thioether (sulfide) groups is 1. The number of ether oxygens (including phenoxy) is 9. The molecule has 9 rings (SSSR count). The van der Waals surface area contributed by atoms with Gasteiger partial charge in [-0.1, -0.05) is 243 Å². The first-order valence-electron chi connectivity index (χ1n) is 32.0. The van der Waals surface area contributed by atoms with Gasteiger partial charge in [-0.3, -0.25) is 9.09 Å². The third kappa shape index (κ3) is 19.5. The van der Waals surface area contributed by atoms with Crippen LogP contribution in [0.15, 0.2) is 182 Å². The molecule has 2 saturated heterocycles. The molecule has 470 valence electrons. The normalized spacial score (nSPS) is 29.1. The Hall–Kier alpha value is -4.54. The largest absolute Gasteiger partial charge is 0.368 e. The second-order valence-electron chi connectivity index (χ2n) is 24.1. The van der Waals surface area contributed by atoms with E-state index in [0.717, 1.165) is 77.8 Å². The van der Waals surface area contributed by atoms with Gasteiger partial charge in [-0.15, -0.1) is 0 Å². The number of unbranched alkanes of at least 4 members (excludes halogenated alkanes) is 4. The van der Waals surface area contributed by atoms with Gasteiger partial charge >= 0.3 is 7.60 Å². The van der Waals surface area contributed by atoms with Gasteiger partial charge in [0.2, 0.25) is 0 Å². The van der Waals surface area contributed by atoms with Crippen LogP contribution in [-0.2, 0) is 90.5 Å². The Bertz CT molecular complexity index is 2750. The van der Waals surface area contributed by atoms with Crippen molar-refractivity contribution in [3.8, 4) is 0 Å². The van der Waals surface area contributed by atoms with Crippen molar-refractivity contribution in [1.82, 2.24) is 0 Å². The van der Waals surface area contributed by atoms with Crippen LogP contribution in [0.4, 0.5) is 0 Å². The molecule has 6 aromatic carbocycles. The van der Waals surface area contributed by atoms with E-state index in [1.807, 2.05) is 169 Å². The summed E-state index contributed by atoms with van der Waals surface area (Å²) in [7, 11) is -4.51. The molecule has 10 unspecified atom stereocenters. The lowest BCUT2D eigenvalue weighted by Crippen LogP contribution is -2.69. The smallest absolute Gasteiger partial charge is 0.328 e. The lowest BCUT2D eigenvalue weighted by molar-refractivity contribution is -0.362. The number of benzene rings is 6. The molecule has 12 nitrogen and oxygen atoms in total. The highest BCUT2D eigenvalue weighted by atomic mass is 32.2. The van der Waals surface area contributed by atoms with Crippen LogP contribution in [0, 0.1) is 23.7 Å². The van der Waals surface area contributed by atoms with Gasteiger partial charge in [-0.25, -0.2) is 0 Å². The predicted octanol–water partition coefficient (Wildman–Crippen LogP) is 16.0. The van der Waals surface area contributed by atoms with Crippen molar-refractivity contribution in [2.45, 2.75) is 199 Å². The van der Waals surface area contributed by atoms with Gasteiger partial charge in [0.15, 0.2) is 12.6 Å². The Morgan fingerprint density at radius 3 is 1.06 bits per heavy atom. The summed E-state index contributed by atoms with van der Waals surface area (Å²) < 4.78 is 88.0. The molecule has 3 fully saturated rings. The van der Waals surface area contributed by atoms with E-state index >= 15 is 4.57 Å². The average molecular weight is 1230 g/mol. The molecule has 0 spiro atoms. The van der Waals surface area contributed by atoms with E-state index in [1.165, 1.54) is 5.56 Å². The van der Waals surface area contributed by atoms with Crippen LogP contribution in [0.1, 0.15) is 120 Å². The van der Waals surface area contributed by atoms with Crippen molar-refractivity contribution in [3.05, 3.63) is 215 Å². The van der Waals surface area contributed by atoms with E-state index in [4.69, 9.17) is 47.2 Å². The van der Waals surface area contributed by atoms with Crippen LogP contribution in [0.2, 0.25) is 0 Å². The van der Waals surface area contributed by atoms with E-state index in [0.29, 0.717) is 19.6 Å². The Morgan fingerprint density at radius 2 is 0.701 bits per heavy atom. The predicted molar refractivity (Wildman–Crippen MR) is 345 cm³/mol. The highest BCUT2D eigenvalue weighted by molar-refractivity contribution is 7.98. The summed E-state index contributed by atoms with van der Waals surface area (Å²) in [6.45, 7) is 14.1. The van der Waals surface area contributed by atoms with Gasteiger partial charge in [0, 0.05) is 11.9 Å². The summed E-state index contributed by atoms with van der Waals surface area (Å²) in [5.41, 5.74) is 6.09. The quantitative estimate of drug-likeness (QED) is 0.0310. The average Bonchev–Trinajstić information content (AvgIpc) is 2.04. The Labute approximate surface area is 523 Å². The Balaban J connectivity index is 1.13. The molecular formula is C73H95O12PS. The van der Waals surface area contributed by atoms with Crippen LogP contribution in [0.3, 0.4) is 0 Å². The molecule has 1 N–H and O–H groups in total. The monoisotopic (exact) mass is 1230 g/mol. The topological polar surface area (TPSA) is 130 Å². The van der Waals surface area contributed by atoms with Crippen molar-refractivity contribution >= 4 is 19.4 Å². The molecule has 0 bridgehead atoms. The first-order chi connectivity index (χ1) is 42.5. The van der Waals surface area contributed by atoms with E-state index in [1.54, 1.807) is 0 Å². The minimum absolute atomic E-state index is 0.0396. The van der Waals surface area contributed by atoms with Gasteiger partial charge in [0.25, 0.3) is 0 Å². The fourth-order valence-corrected chi connectivity index (χ4v) is 14.8. The molecule has 87 heavy (non-hydrogen) atoms. The number of rotatable bonds is 33. The summed E-state index contributed by atoms with van der Waals surface area (Å²) in [6.07, 6.45) is -4.70. The van der Waals surface area contributed by atoms with Crippen LogP contribution in [0.5, 0.6) is 0 Å². The molecule has 14 heteroatoms. The van der Waals surface area contributed by atoms with Gasteiger partial charge < -0.3 is 47.5 Å². The van der Waals surface area contributed by atoms with Crippen molar-refractivity contribution in [1.29, 1.82) is 0 Å². The molecule has 0 radical (unpaired) electrons. The molecule has 3 aliphatic rings. The maximum Gasteiger partial charge on any atom is 0.328 e. The first kappa shape index (κ1) is 66.9. The Kier molecular flexibility index (Phi) is 26.6. The van der Waals surface area contributed by atoms with E-state index in [-0.39, 0.29) is 61.9 Å². The zero-order valence-electron chi connectivity index (χ0n) is 52.0. The Morgan fingerprint density at radius 1 is 0.391 bits per heavy atom. The lowest BCUT2D eigenvalue weighted by atomic mass is 9.81. The molecule has 1 aliphatic carbocycles. The number of hydrogen-bond donors (Lipinski definition) is 1. The van der Waals surface area contributed by atoms with Gasteiger partial charge in [-0.2, -0.15) is 11.8 Å². The third-order valence-electron chi connectivity index (χ3n) is 17.9. The van der Waals surface area contributed by atoms with Crippen LogP contribution >= 0.6 is 19.4 Å². The van der Waals surface area contributed by atoms with Crippen LogP contribution in [0.25, 0.3) is 0 Å². The second-order valence-corrected chi connectivity index (χ2v) is 27.1. The maximum absolute atomic E-state index is 15.5. The molecule has 0 amide bonds. The summed E-state index contributed by atoms with van der Waals surface area (Å²) in [6, 6.07) is 60.7. The van der Waals surface area contributed by atoms with Crippen molar-refractivity contribution in [2.75, 3.05) is 11.9 Å². The van der Waals surface area contributed by atoms with Crippen LogP contribution < -0.4 is 0 Å². The van der Waals surface area contributed by atoms with Crippen LogP contribution in [-0.4, -0.2) is 90.4 Å². The molecule has 17 atom stereocenters. The SMILES string of the molecule is CCC1O[C@H](O[C@H]2C(OCc3ccccc3)C(OCc3ccccc3)C(OCc3ccccc3)C(O[C@H]3OC(CC)[C@@H](C)[C@H](C)C3OCc3ccccc3)C2OP(=O)(O)CCCCCCCSCc2ccccc2)C(OCc2ccccc2)[C@@H](C)[C@@H]1C. The zero-order valence-corrected chi connectivity index (χ0v) is 53.7. The molecule has 6 aromatic rings. The molecule has 1 saturated carbocycles. The highest BCUT2D eigenvalue weighted by Gasteiger charge is 2.60. The third-order valence-corrected chi connectivity index (χ3v) is 20.5. The minimum Gasteiger partial charge on any atom is -0.368 e. The number of hydrogen-bond acceptors (Lipinski definition) is 12. The fourth-order valence-electron chi connectivity index (χ4n) is 12.5. The summed E-state index contributed by atoms with van der Waals surface area (Å²) in [5.74, 6) is 2.16. The van der Waals surface area contributed by atoms with Crippen molar-refractivity contribution < 1.29 is 56.6 Å². The van der Waals surface area contributed by atoms with E-state index in [9.17, 15) is 4.89 Å².